The van der Waals surface area contributed by atoms with E-state index in [1.807, 2.05) is 0 Å². The Hall–Kier alpha value is -2.18. The summed E-state index contributed by atoms with van der Waals surface area (Å²) in [5.74, 6) is -0.248. The molecule has 0 bridgehead atoms. The molecule has 9 nitrogen and oxygen atoms in total. The number of amides is 1. The van der Waals surface area contributed by atoms with Gasteiger partial charge < -0.3 is 10.1 Å². The summed E-state index contributed by atoms with van der Waals surface area (Å²) in [6.45, 7) is 5.05. The molecule has 0 atom stereocenters. The Balaban J connectivity index is 2.26. The molecule has 1 amide bonds. The number of nitrogens with one attached hydrogen (secondary N) is 1. The zero-order valence-corrected chi connectivity index (χ0v) is 21.5. The molecule has 2 aromatic carbocycles. The van der Waals surface area contributed by atoms with Gasteiger partial charge in [-0.15, -0.1) is 0 Å². The van der Waals surface area contributed by atoms with Crippen LogP contribution < -0.4 is 10.1 Å². The number of benzene rings is 2. The molecule has 0 fully saturated rings. The number of carbonyl (C=O) groups excluding carboxylic acids is 1. The molecule has 0 heterocycles. The highest BCUT2D eigenvalue weighted by atomic mass is 35.5. The van der Waals surface area contributed by atoms with Crippen LogP contribution in [0, 0.1) is 6.92 Å². The molecular formula is C21H28ClN3O6S2. The lowest BCUT2D eigenvalue weighted by molar-refractivity contribution is -0.116. The maximum absolute atomic E-state index is 13.1. The maximum Gasteiger partial charge on any atom is 0.243 e. The van der Waals surface area contributed by atoms with Crippen molar-refractivity contribution in [1.29, 1.82) is 0 Å². The van der Waals surface area contributed by atoms with E-state index in [-0.39, 0.29) is 27.0 Å². The first-order chi connectivity index (χ1) is 15.3. The largest absolute Gasteiger partial charge is 0.492 e. The first-order valence-electron chi connectivity index (χ1n) is 10.1. The first-order valence-corrected chi connectivity index (χ1v) is 13.4. The van der Waals surface area contributed by atoms with E-state index in [0.29, 0.717) is 17.9 Å². The van der Waals surface area contributed by atoms with E-state index >= 15 is 0 Å². The second-order valence-corrected chi connectivity index (χ2v) is 11.8. The van der Waals surface area contributed by atoms with Crippen molar-refractivity contribution in [2.75, 3.05) is 39.1 Å². The molecule has 0 aliphatic heterocycles. The number of carbonyl (C=O) groups is 1. The minimum absolute atomic E-state index is 0.0115. The average molecular weight is 518 g/mol. The van der Waals surface area contributed by atoms with Gasteiger partial charge in [0.1, 0.15) is 5.75 Å². The fourth-order valence-electron chi connectivity index (χ4n) is 2.89. The first kappa shape index (κ1) is 27.1. The van der Waals surface area contributed by atoms with Crippen LogP contribution in [0.2, 0.25) is 5.02 Å². The molecule has 2 aromatic rings. The van der Waals surface area contributed by atoms with Crippen molar-refractivity contribution in [3.8, 4) is 5.75 Å². The Morgan fingerprint density at radius 2 is 1.61 bits per heavy atom. The summed E-state index contributed by atoms with van der Waals surface area (Å²) in [7, 11) is -4.90. The molecular weight excluding hydrogens is 490 g/mol. The van der Waals surface area contributed by atoms with Crippen molar-refractivity contribution in [2.45, 2.75) is 30.6 Å². The van der Waals surface area contributed by atoms with Gasteiger partial charge >= 0.3 is 0 Å². The van der Waals surface area contributed by atoms with Crippen molar-refractivity contribution in [3.05, 3.63) is 47.0 Å². The molecule has 0 unspecified atom stereocenters. The van der Waals surface area contributed by atoms with Gasteiger partial charge in [-0.3, -0.25) is 4.79 Å². The van der Waals surface area contributed by atoms with E-state index in [1.165, 1.54) is 44.4 Å². The molecule has 0 saturated carbocycles. The van der Waals surface area contributed by atoms with Crippen molar-refractivity contribution in [3.63, 3.8) is 0 Å². The number of hydrogen-bond donors (Lipinski definition) is 1. The molecule has 33 heavy (non-hydrogen) atoms. The molecule has 0 radical (unpaired) electrons. The number of aryl methyl sites for hydroxylation is 1. The van der Waals surface area contributed by atoms with Crippen LogP contribution in [-0.4, -0.2) is 65.1 Å². The van der Waals surface area contributed by atoms with Crippen LogP contribution in [-0.2, 0) is 24.8 Å². The summed E-state index contributed by atoms with van der Waals surface area (Å²) in [4.78, 5) is 12.6. The number of likely N-dealkylation sites (N-methyl/N-ethyl adjacent to an activating group) is 1. The number of anilines is 1. The Labute approximate surface area is 200 Å². The smallest absolute Gasteiger partial charge is 0.243 e. The van der Waals surface area contributed by atoms with Crippen LogP contribution >= 0.6 is 11.6 Å². The number of sulfonamides is 2. The normalized spacial score (nSPS) is 12.2. The van der Waals surface area contributed by atoms with E-state index in [4.69, 9.17) is 16.3 Å². The van der Waals surface area contributed by atoms with Gasteiger partial charge in [-0.25, -0.2) is 21.1 Å². The predicted octanol–water partition coefficient (Wildman–Crippen LogP) is 2.95. The third-order valence-corrected chi connectivity index (χ3v) is 8.80. The lowest BCUT2D eigenvalue weighted by Gasteiger charge is -2.21. The highest BCUT2D eigenvalue weighted by molar-refractivity contribution is 7.89. The Bertz CT molecular complexity index is 1230. The lowest BCUT2D eigenvalue weighted by atomic mass is 10.2. The van der Waals surface area contributed by atoms with E-state index in [2.05, 4.69) is 5.32 Å². The van der Waals surface area contributed by atoms with Crippen molar-refractivity contribution in [2.24, 2.45) is 0 Å². The summed E-state index contributed by atoms with van der Waals surface area (Å²) < 4.78 is 58.3. The van der Waals surface area contributed by atoms with Gasteiger partial charge in [0.25, 0.3) is 0 Å². The SMILES string of the molecule is CCOc1ccc(S(=O)(=O)N(CC)CC(=O)Nc2cc(S(=O)(=O)N(C)C)ccc2C)cc1Cl. The quantitative estimate of drug-likeness (QED) is 0.518. The molecule has 0 saturated heterocycles. The van der Waals surface area contributed by atoms with Crippen LogP contribution in [0.4, 0.5) is 5.69 Å². The van der Waals surface area contributed by atoms with Crippen molar-refractivity contribution >= 4 is 43.2 Å². The Morgan fingerprint density at radius 3 is 2.15 bits per heavy atom. The van der Waals surface area contributed by atoms with Crippen LogP contribution in [0.5, 0.6) is 5.75 Å². The van der Waals surface area contributed by atoms with Crippen LogP contribution in [0.15, 0.2) is 46.2 Å². The van der Waals surface area contributed by atoms with E-state index in [0.717, 1.165) is 8.61 Å². The van der Waals surface area contributed by atoms with Gasteiger partial charge in [-0.05, 0) is 49.7 Å². The second kappa shape index (κ2) is 10.8. The number of rotatable bonds is 10. The summed E-state index contributed by atoms with van der Waals surface area (Å²) >= 11 is 6.13. The summed E-state index contributed by atoms with van der Waals surface area (Å²) in [6.07, 6.45) is 0. The Kier molecular flexibility index (Phi) is 8.88. The minimum atomic E-state index is -4.02. The topological polar surface area (TPSA) is 113 Å². The summed E-state index contributed by atoms with van der Waals surface area (Å²) in [5, 5.41) is 2.76. The second-order valence-electron chi connectivity index (χ2n) is 7.27. The Morgan fingerprint density at radius 1 is 1.00 bits per heavy atom. The van der Waals surface area contributed by atoms with Gasteiger partial charge in [0.05, 0.1) is 28.0 Å². The molecule has 182 valence electrons. The van der Waals surface area contributed by atoms with Crippen molar-refractivity contribution in [1.82, 2.24) is 8.61 Å². The van der Waals surface area contributed by atoms with E-state index in [1.54, 1.807) is 26.8 Å². The monoisotopic (exact) mass is 517 g/mol. The number of nitrogens with zero attached hydrogens (tertiary/aromatic N) is 2. The van der Waals surface area contributed by atoms with Crippen molar-refractivity contribution < 1.29 is 26.4 Å². The predicted molar refractivity (Wildman–Crippen MR) is 128 cm³/mol. The van der Waals surface area contributed by atoms with Crippen LogP contribution in [0.1, 0.15) is 19.4 Å². The molecule has 0 aliphatic rings. The third kappa shape index (κ3) is 6.24. The van der Waals surface area contributed by atoms with Crippen LogP contribution in [0.25, 0.3) is 0 Å². The fraction of sp³-hybridized carbons (Fsp3) is 0.381. The highest BCUT2D eigenvalue weighted by Crippen LogP contribution is 2.29. The molecule has 0 aromatic heterocycles. The fourth-order valence-corrected chi connectivity index (χ4v) is 5.55. The zero-order valence-electron chi connectivity index (χ0n) is 19.1. The van der Waals surface area contributed by atoms with Crippen LogP contribution in [0.3, 0.4) is 0 Å². The molecule has 2 rings (SSSR count). The van der Waals surface area contributed by atoms with Gasteiger partial charge in [0.2, 0.25) is 26.0 Å². The highest BCUT2D eigenvalue weighted by Gasteiger charge is 2.27. The maximum atomic E-state index is 13.1. The van der Waals surface area contributed by atoms with Gasteiger partial charge in [-0.2, -0.15) is 4.31 Å². The van der Waals surface area contributed by atoms with Gasteiger partial charge in [0, 0.05) is 26.3 Å². The molecule has 0 aliphatic carbocycles. The van der Waals surface area contributed by atoms with Gasteiger partial charge in [-0.1, -0.05) is 24.6 Å². The molecule has 0 spiro atoms. The summed E-state index contributed by atoms with van der Waals surface area (Å²) in [6, 6.07) is 8.47. The van der Waals surface area contributed by atoms with Gasteiger partial charge in [0.15, 0.2) is 0 Å². The third-order valence-electron chi connectivity index (χ3n) is 4.78. The zero-order chi connectivity index (χ0) is 25.0. The standard InChI is InChI=1S/C21H28ClN3O6S2/c1-6-25(33(29,30)16-10-11-20(31-7-2)18(22)12-16)14-21(26)23-19-13-17(9-8-15(19)3)32(27,28)24(4)5/h8-13H,6-7,14H2,1-5H3,(H,23,26). The minimum Gasteiger partial charge on any atom is -0.492 e. The molecule has 12 heteroatoms. The number of ether oxygens (including phenoxy) is 1. The molecule has 1 N–H and O–H groups in total. The lowest BCUT2D eigenvalue weighted by Crippen LogP contribution is -2.38. The number of hydrogen-bond acceptors (Lipinski definition) is 6. The van der Waals surface area contributed by atoms with E-state index in [9.17, 15) is 21.6 Å². The number of halogens is 1. The average Bonchev–Trinajstić information content (AvgIpc) is 2.74. The van der Waals surface area contributed by atoms with E-state index < -0.39 is 32.5 Å². The summed E-state index contributed by atoms with van der Waals surface area (Å²) in [5.41, 5.74) is 0.908.